The van der Waals surface area contributed by atoms with Crippen LogP contribution in [0.5, 0.6) is 11.5 Å². The van der Waals surface area contributed by atoms with Crippen LogP contribution in [0.4, 0.5) is 10.1 Å². The summed E-state index contributed by atoms with van der Waals surface area (Å²) in [5.41, 5.74) is 3.72. The lowest BCUT2D eigenvalue weighted by atomic mass is 10.2. The summed E-state index contributed by atoms with van der Waals surface area (Å²) in [6.45, 7) is 5.08. The minimum absolute atomic E-state index is 0.307. The first-order chi connectivity index (χ1) is 19.9. The van der Waals surface area contributed by atoms with E-state index in [-0.39, 0.29) is 0 Å². The number of halogens is 2. The molecule has 3 heterocycles. The van der Waals surface area contributed by atoms with Crippen molar-refractivity contribution >= 4 is 28.3 Å². The molecule has 0 amide bonds. The van der Waals surface area contributed by atoms with Gasteiger partial charge in [-0.05, 0) is 42.5 Å². The molecule has 6 rings (SSSR count). The molecule has 1 saturated heterocycles. The Balaban J connectivity index is 1.16. The van der Waals surface area contributed by atoms with Crippen molar-refractivity contribution in [3.63, 3.8) is 0 Å². The Bertz CT molecular complexity index is 1540. The highest BCUT2D eigenvalue weighted by Crippen LogP contribution is 2.47. The van der Waals surface area contributed by atoms with Gasteiger partial charge in [-0.3, -0.25) is 4.90 Å². The number of para-hydroxylation sites is 1. The van der Waals surface area contributed by atoms with Crippen LogP contribution in [0.1, 0.15) is 29.5 Å². The number of methoxy groups -OCH3 is 2. The number of aliphatic hydroxyl groups is 1. The summed E-state index contributed by atoms with van der Waals surface area (Å²) in [5, 5.41) is 10.5. The third kappa shape index (κ3) is 5.58. The Labute approximate surface area is 242 Å². The maximum atomic E-state index is 14.5. The van der Waals surface area contributed by atoms with E-state index in [0.717, 1.165) is 48.7 Å². The van der Waals surface area contributed by atoms with E-state index in [0.29, 0.717) is 47.3 Å². The molecule has 9 nitrogen and oxygen atoms in total. The molecule has 0 saturated carbocycles. The third-order valence-electron chi connectivity index (χ3n) is 7.59. The van der Waals surface area contributed by atoms with Gasteiger partial charge >= 0.3 is 0 Å². The summed E-state index contributed by atoms with van der Waals surface area (Å²) in [5.74, 6) is 1.69. The highest BCUT2D eigenvalue weighted by Gasteiger charge is 2.32. The number of ether oxygens (including phenoxy) is 4. The molecular formula is C30H32ClFN4O5. The third-order valence-corrected chi connectivity index (χ3v) is 7.83. The minimum atomic E-state index is -0.990. The molecule has 3 aromatic carbocycles. The van der Waals surface area contributed by atoms with Crippen LogP contribution in [0.15, 0.2) is 54.6 Å². The van der Waals surface area contributed by atoms with Crippen LogP contribution in [-0.2, 0) is 22.6 Å². The van der Waals surface area contributed by atoms with Crippen LogP contribution < -0.4 is 14.4 Å². The number of imidazole rings is 1. The number of anilines is 1. The summed E-state index contributed by atoms with van der Waals surface area (Å²) in [4.78, 5) is 9.56. The van der Waals surface area contributed by atoms with Crippen LogP contribution in [-0.4, -0.2) is 66.6 Å². The van der Waals surface area contributed by atoms with E-state index in [1.807, 2.05) is 36.4 Å². The molecule has 0 aliphatic carbocycles. The van der Waals surface area contributed by atoms with Crippen molar-refractivity contribution in [1.29, 1.82) is 0 Å². The first kappa shape index (κ1) is 27.7. The van der Waals surface area contributed by atoms with Crippen molar-refractivity contribution in [3.05, 3.63) is 82.4 Å². The van der Waals surface area contributed by atoms with Crippen LogP contribution in [0.2, 0.25) is 5.02 Å². The zero-order valence-corrected chi connectivity index (χ0v) is 23.7. The number of hydrogen-bond donors (Lipinski definition) is 1. The van der Waals surface area contributed by atoms with Crippen molar-refractivity contribution in [3.8, 4) is 11.5 Å². The van der Waals surface area contributed by atoms with Crippen molar-refractivity contribution in [1.82, 2.24) is 14.5 Å². The molecule has 2 atom stereocenters. The van der Waals surface area contributed by atoms with E-state index < -0.39 is 18.4 Å². The summed E-state index contributed by atoms with van der Waals surface area (Å²) in [6, 6.07) is 15.9. The second-order valence-electron chi connectivity index (χ2n) is 10.1. The molecule has 2 aliphatic rings. The number of benzene rings is 3. The molecule has 2 unspecified atom stereocenters. The van der Waals surface area contributed by atoms with Crippen LogP contribution in [0.25, 0.3) is 11.0 Å². The molecule has 11 heteroatoms. The largest absolute Gasteiger partial charge is 0.446 e. The Morgan fingerprint density at radius 2 is 1.90 bits per heavy atom. The maximum absolute atomic E-state index is 14.5. The molecule has 41 heavy (non-hydrogen) atoms. The molecule has 0 radical (unpaired) electrons. The van der Waals surface area contributed by atoms with E-state index in [1.165, 1.54) is 13.2 Å². The molecule has 216 valence electrons. The second-order valence-corrected chi connectivity index (χ2v) is 10.5. The molecule has 1 aromatic heterocycles. The van der Waals surface area contributed by atoms with Gasteiger partial charge in [0, 0.05) is 57.5 Å². The van der Waals surface area contributed by atoms with Gasteiger partial charge in [0.25, 0.3) is 6.29 Å². The van der Waals surface area contributed by atoms with Gasteiger partial charge in [0.05, 0.1) is 35.4 Å². The van der Waals surface area contributed by atoms with E-state index in [4.69, 9.17) is 35.5 Å². The second kappa shape index (κ2) is 11.8. The summed E-state index contributed by atoms with van der Waals surface area (Å²) in [6.07, 6.45) is -1.86. The van der Waals surface area contributed by atoms with Gasteiger partial charge in [-0.15, -0.1) is 0 Å². The summed E-state index contributed by atoms with van der Waals surface area (Å²) in [7, 11) is 3.16. The Morgan fingerprint density at radius 3 is 2.66 bits per heavy atom. The van der Waals surface area contributed by atoms with E-state index in [1.54, 1.807) is 19.2 Å². The number of rotatable bonds is 9. The fourth-order valence-electron chi connectivity index (χ4n) is 5.41. The van der Waals surface area contributed by atoms with Gasteiger partial charge in [0.2, 0.25) is 0 Å². The lowest BCUT2D eigenvalue weighted by Gasteiger charge is -2.36. The molecule has 0 spiro atoms. The number of hydrogen-bond acceptors (Lipinski definition) is 8. The zero-order chi connectivity index (χ0) is 28.5. The minimum Gasteiger partial charge on any atom is -0.446 e. The predicted molar refractivity (Wildman–Crippen MR) is 153 cm³/mol. The van der Waals surface area contributed by atoms with Crippen molar-refractivity contribution in [2.24, 2.45) is 0 Å². The first-order valence-corrected chi connectivity index (χ1v) is 13.9. The number of nitrogens with zero attached hydrogens (tertiary/aromatic N) is 4. The number of aromatic nitrogens is 2. The highest BCUT2D eigenvalue weighted by molar-refractivity contribution is 6.30. The van der Waals surface area contributed by atoms with Gasteiger partial charge < -0.3 is 33.5 Å². The maximum Gasteiger partial charge on any atom is 0.270 e. The van der Waals surface area contributed by atoms with Gasteiger partial charge in [-0.1, -0.05) is 23.7 Å². The zero-order valence-electron chi connectivity index (χ0n) is 22.9. The fourth-order valence-corrected chi connectivity index (χ4v) is 5.57. The van der Waals surface area contributed by atoms with Crippen LogP contribution >= 0.6 is 11.6 Å². The van der Waals surface area contributed by atoms with E-state index in [2.05, 4.69) is 14.4 Å². The Kier molecular flexibility index (Phi) is 8.01. The summed E-state index contributed by atoms with van der Waals surface area (Å²) < 4.78 is 39.3. The monoisotopic (exact) mass is 582 g/mol. The SMILES string of the molecule is COCCn1c(CN2CCN(c3cccc4c3OC(c3ccc(Cl)cc3F)O4)CC2)nc2ccc(C(O)OC)cc21. The molecule has 1 fully saturated rings. The fraction of sp³-hybridized carbons (Fsp3) is 0.367. The van der Waals surface area contributed by atoms with Crippen molar-refractivity contribution in [2.45, 2.75) is 25.7 Å². The average molecular weight is 583 g/mol. The lowest BCUT2D eigenvalue weighted by molar-refractivity contribution is -0.0768. The normalized spacial score (nSPS) is 17.9. The molecule has 4 aromatic rings. The van der Waals surface area contributed by atoms with Crippen molar-refractivity contribution < 1.29 is 28.4 Å². The van der Waals surface area contributed by atoms with Crippen LogP contribution in [0.3, 0.4) is 0 Å². The average Bonchev–Trinajstić information content (AvgIpc) is 3.56. The standard InChI is InChI=1S/C30H32ClFN4O5/c1-38-15-14-36-25-16-19(29(37)39-2)6-9-23(25)33-27(36)18-34-10-12-35(13-11-34)24-4-3-5-26-28(24)41-30(40-26)21-8-7-20(31)17-22(21)32/h3-9,16-17,29-30,37H,10-15,18H2,1-2H3. The number of fused-ring (bicyclic) bond motifs is 2. The van der Waals surface area contributed by atoms with E-state index in [9.17, 15) is 9.50 Å². The number of aliphatic hydroxyl groups excluding tert-OH is 1. The smallest absolute Gasteiger partial charge is 0.270 e. The van der Waals surface area contributed by atoms with Crippen LogP contribution in [0, 0.1) is 5.82 Å². The first-order valence-electron chi connectivity index (χ1n) is 13.5. The lowest BCUT2D eigenvalue weighted by Crippen LogP contribution is -2.46. The van der Waals surface area contributed by atoms with Gasteiger partial charge in [-0.25, -0.2) is 9.37 Å². The predicted octanol–water partition coefficient (Wildman–Crippen LogP) is 4.90. The Hall–Kier alpha value is -3.41. The highest BCUT2D eigenvalue weighted by atomic mass is 35.5. The molecule has 0 bridgehead atoms. The Morgan fingerprint density at radius 1 is 1.07 bits per heavy atom. The number of piperazine rings is 1. The summed E-state index contributed by atoms with van der Waals surface area (Å²) >= 11 is 5.92. The molecule has 1 N–H and O–H groups in total. The van der Waals surface area contributed by atoms with Gasteiger partial charge in [0.15, 0.2) is 17.8 Å². The molecule has 2 aliphatic heterocycles. The molecular weight excluding hydrogens is 551 g/mol. The van der Waals surface area contributed by atoms with E-state index >= 15 is 0 Å². The topological polar surface area (TPSA) is 81.5 Å². The van der Waals surface area contributed by atoms with Gasteiger partial charge in [0.1, 0.15) is 11.6 Å². The van der Waals surface area contributed by atoms with Gasteiger partial charge in [-0.2, -0.15) is 0 Å². The quantitative estimate of drug-likeness (QED) is 0.279. The van der Waals surface area contributed by atoms with Crippen molar-refractivity contribution in [2.75, 3.05) is 51.9 Å².